The van der Waals surface area contributed by atoms with Crippen LogP contribution in [0.2, 0.25) is 0 Å². The highest BCUT2D eigenvalue weighted by atomic mass is 19.1. The van der Waals surface area contributed by atoms with Crippen LogP contribution >= 0.6 is 0 Å². The van der Waals surface area contributed by atoms with Crippen molar-refractivity contribution in [2.75, 3.05) is 18.9 Å². The van der Waals surface area contributed by atoms with E-state index in [1.165, 1.54) is 12.1 Å². The summed E-state index contributed by atoms with van der Waals surface area (Å²) in [6.07, 6.45) is 0. The minimum absolute atomic E-state index is 0.210. The Labute approximate surface area is 125 Å². The van der Waals surface area contributed by atoms with E-state index in [9.17, 15) is 4.39 Å². The first-order chi connectivity index (χ1) is 10.1. The van der Waals surface area contributed by atoms with E-state index in [0.29, 0.717) is 6.54 Å². The highest BCUT2D eigenvalue weighted by Crippen LogP contribution is 2.10. The van der Waals surface area contributed by atoms with Gasteiger partial charge in [-0.05, 0) is 38.6 Å². The van der Waals surface area contributed by atoms with Crippen LogP contribution in [-0.2, 0) is 13.1 Å². The van der Waals surface area contributed by atoms with E-state index in [2.05, 4.69) is 20.2 Å². The van der Waals surface area contributed by atoms with E-state index in [-0.39, 0.29) is 5.82 Å². The van der Waals surface area contributed by atoms with Gasteiger partial charge in [-0.25, -0.2) is 14.4 Å². The molecule has 1 aromatic heterocycles. The van der Waals surface area contributed by atoms with Crippen molar-refractivity contribution in [1.82, 2.24) is 14.9 Å². The van der Waals surface area contributed by atoms with Gasteiger partial charge in [0.05, 0.1) is 6.54 Å². The van der Waals surface area contributed by atoms with E-state index in [4.69, 9.17) is 0 Å². The van der Waals surface area contributed by atoms with Crippen LogP contribution < -0.4 is 5.32 Å². The van der Waals surface area contributed by atoms with Gasteiger partial charge < -0.3 is 5.32 Å². The SMILES string of the molecule is CCNc1cc(C)nc(CN(C)Cc2ccc(F)cc2)n1. The molecule has 0 aliphatic rings. The Morgan fingerprint density at radius 2 is 1.86 bits per heavy atom. The normalized spacial score (nSPS) is 10.9. The second kappa shape index (κ2) is 7.13. The number of aryl methyl sites for hydroxylation is 1. The number of nitrogens with one attached hydrogen (secondary N) is 1. The molecule has 0 atom stereocenters. The van der Waals surface area contributed by atoms with Gasteiger partial charge in [0.25, 0.3) is 0 Å². The number of nitrogens with zero attached hydrogens (tertiary/aromatic N) is 3. The summed E-state index contributed by atoms with van der Waals surface area (Å²) in [5.41, 5.74) is 2.02. The molecular formula is C16H21FN4. The molecule has 0 saturated carbocycles. The minimum Gasteiger partial charge on any atom is -0.370 e. The van der Waals surface area contributed by atoms with Gasteiger partial charge >= 0.3 is 0 Å². The van der Waals surface area contributed by atoms with Crippen LogP contribution in [0.1, 0.15) is 24.0 Å². The Morgan fingerprint density at radius 3 is 2.52 bits per heavy atom. The Bertz CT molecular complexity index is 583. The molecule has 0 spiro atoms. The maximum Gasteiger partial charge on any atom is 0.144 e. The van der Waals surface area contributed by atoms with Crippen LogP contribution in [0.25, 0.3) is 0 Å². The van der Waals surface area contributed by atoms with Crippen molar-refractivity contribution in [3.05, 3.63) is 53.2 Å². The molecule has 2 rings (SSSR count). The first-order valence-corrected chi connectivity index (χ1v) is 7.08. The van der Waals surface area contributed by atoms with Gasteiger partial charge in [0.1, 0.15) is 17.5 Å². The highest BCUT2D eigenvalue weighted by molar-refractivity contribution is 5.35. The van der Waals surface area contributed by atoms with Crippen LogP contribution in [0.3, 0.4) is 0 Å². The molecule has 2 aromatic rings. The second-order valence-corrected chi connectivity index (χ2v) is 5.14. The number of rotatable bonds is 6. The zero-order valence-corrected chi connectivity index (χ0v) is 12.7. The molecule has 0 bridgehead atoms. The third kappa shape index (κ3) is 4.79. The molecule has 1 aromatic carbocycles. The molecule has 1 N–H and O–H groups in total. The van der Waals surface area contributed by atoms with Crippen LogP contribution in [0.4, 0.5) is 10.2 Å². The topological polar surface area (TPSA) is 41.1 Å². The molecule has 0 unspecified atom stereocenters. The van der Waals surface area contributed by atoms with E-state index in [1.807, 2.05) is 27.0 Å². The summed E-state index contributed by atoms with van der Waals surface area (Å²) in [5.74, 6) is 1.43. The summed E-state index contributed by atoms with van der Waals surface area (Å²) in [5, 5.41) is 3.21. The smallest absolute Gasteiger partial charge is 0.144 e. The predicted molar refractivity (Wildman–Crippen MR) is 82.5 cm³/mol. The van der Waals surface area contributed by atoms with Gasteiger partial charge in [-0.3, -0.25) is 4.90 Å². The number of hydrogen-bond donors (Lipinski definition) is 1. The molecule has 4 nitrogen and oxygen atoms in total. The highest BCUT2D eigenvalue weighted by Gasteiger charge is 2.06. The van der Waals surface area contributed by atoms with Gasteiger partial charge in [-0.15, -0.1) is 0 Å². The fourth-order valence-electron chi connectivity index (χ4n) is 2.17. The third-order valence-electron chi connectivity index (χ3n) is 3.04. The van der Waals surface area contributed by atoms with Gasteiger partial charge in [-0.2, -0.15) is 0 Å². The summed E-state index contributed by atoms with van der Waals surface area (Å²) >= 11 is 0. The molecule has 0 aliphatic heterocycles. The standard InChI is InChI=1S/C16H21FN4/c1-4-18-15-9-12(2)19-16(20-15)11-21(3)10-13-5-7-14(17)8-6-13/h5-9H,4,10-11H2,1-3H3,(H,18,19,20). The Morgan fingerprint density at radius 1 is 1.14 bits per heavy atom. The Balaban J connectivity index is 2.01. The first kappa shape index (κ1) is 15.4. The van der Waals surface area contributed by atoms with Crippen molar-refractivity contribution < 1.29 is 4.39 Å². The van der Waals surface area contributed by atoms with Crippen LogP contribution in [-0.4, -0.2) is 28.5 Å². The number of benzene rings is 1. The average molecular weight is 288 g/mol. The quantitative estimate of drug-likeness (QED) is 0.887. The molecule has 0 amide bonds. The lowest BCUT2D eigenvalue weighted by atomic mass is 10.2. The maximum absolute atomic E-state index is 12.9. The lowest BCUT2D eigenvalue weighted by Gasteiger charge is -2.16. The molecule has 5 heteroatoms. The van der Waals surface area contributed by atoms with Gasteiger partial charge in [-0.1, -0.05) is 12.1 Å². The van der Waals surface area contributed by atoms with Crippen LogP contribution in [0.15, 0.2) is 30.3 Å². The van der Waals surface area contributed by atoms with E-state index in [1.54, 1.807) is 12.1 Å². The van der Waals surface area contributed by atoms with Crippen molar-refractivity contribution in [2.45, 2.75) is 26.9 Å². The van der Waals surface area contributed by atoms with Crippen molar-refractivity contribution >= 4 is 5.82 Å². The van der Waals surface area contributed by atoms with E-state index < -0.39 is 0 Å². The van der Waals surface area contributed by atoms with Crippen molar-refractivity contribution in [1.29, 1.82) is 0 Å². The van der Waals surface area contributed by atoms with Gasteiger partial charge in [0, 0.05) is 24.8 Å². The molecule has 0 radical (unpaired) electrons. The van der Waals surface area contributed by atoms with Crippen molar-refractivity contribution in [3.8, 4) is 0 Å². The number of aromatic nitrogens is 2. The molecule has 21 heavy (non-hydrogen) atoms. The van der Waals surface area contributed by atoms with E-state index in [0.717, 1.165) is 36.0 Å². The average Bonchev–Trinajstić information content (AvgIpc) is 2.41. The first-order valence-electron chi connectivity index (χ1n) is 7.08. The lowest BCUT2D eigenvalue weighted by molar-refractivity contribution is 0.310. The van der Waals surface area contributed by atoms with E-state index >= 15 is 0 Å². The fourth-order valence-corrected chi connectivity index (χ4v) is 2.17. The zero-order valence-electron chi connectivity index (χ0n) is 12.7. The summed E-state index contributed by atoms with van der Waals surface area (Å²) < 4.78 is 12.9. The third-order valence-corrected chi connectivity index (χ3v) is 3.04. The van der Waals surface area contributed by atoms with Crippen molar-refractivity contribution in [3.63, 3.8) is 0 Å². The summed E-state index contributed by atoms with van der Waals surface area (Å²) in [4.78, 5) is 11.1. The molecule has 0 aliphatic carbocycles. The summed E-state index contributed by atoms with van der Waals surface area (Å²) in [6, 6.07) is 8.50. The molecule has 0 fully saturated rings. The second-order valence-electron chi connectivity index (χ2n) is 5.14. The number of hydrogen-bond acceptors (Lipinski definition) is 4. The summed E-state index contributed by atoms with van der Waals surface area (Å²) in [7, 11) is 2.00. The van der Waals surface area contributed by atoms with Crippen LogP contribution in [0.5, 0.6) is 0 Å². The molecule has 0 saturated heterocycles. The van der Waals surface area contributed by atoms with Gasteiger partial charge in [0.15, 0.2) is 0 Å². The van der Waals surface area contributed by atoms with Crippen molar-refractivity contribution in [2.24, 2.45) is 0 Å². The molecule has 112 valence electrons. The minimum atomic E-state index is -0.210. The zero-order chi connectivity index (χ0) is 15.2. The fraction of sp³-hybridized carbons (Fsp3) is 0.375. The maximum atomic E-state index is 12.9. The molecule has 1 heterocycles. The number of halogens is 1. The molecular weight excluding hydrogens is 267 g/mol. The lowest BCUT2D eigenvalue weighted by Crippen LogP contribution is -2.19. The summed E-state index contributed by atoms with van der Waals surface area (Å²) in [6.45, 7) is 6.22. The Hall–Kier alpha value is -2.01. The monoisotopic (exact) mass is 288 g/mol. The van der Waals surface area contributed by atoms with Crippen LogP contribution in [0, 0.1) is 12.7 Å². The Kier molecular flexibility index (Phi) is 5.22. The predicted octanol–water partition coefficient (Wildman–Crippen LogP) is 2.99. The largest absolute Gasteiger partial charge is 0.370 e. The van der Waals surface area contributed by atoms with Gasteiger partial charge in [0.2, 0.25) is 0 Å². The number of anilines is 1.